The number of amides is 1. The van der Waals surface area contributed by atoms with Crippen LogP contribution in [0.1, 0.15) is 22.3 Å². The fourth-order valence-corrected chi connectivity index (χ4v) is 3.49. The highest BCUT2D eigenvalue weighted by Crippen LogP contribution is 2.41. The molecule has 2 aliphatic rings. The van der Waals surface area contributed by atoms with Crippen LogP contribution in [0.4, 0.5) is 4.39 Å². The summed E-state index contributed by atoms with van der Waals surface area (Å²) in [6, 6.07) is 8.13. The molecule has 0 unspecified atom stereocenters. The molecule has 0 aliphatic carbocycles. The van der Waals surface area contributed by atoms with Gasteiger partial charge in [0.25, 0.3) is 0 Å². The first-order valence-electron chi connectivity index (χ1n) is 8.53. The molecule has 2 aromatic carbocycles. The van der Waals surface area contributed by atoms with Crippen molar-refractivity contribution in [3.8, 4) is 11.5 Å². The maximum Gasteiger partial charge on any atom is 0.227 e. The van der Waals surface area contributed by atoms with E-state index in [4.69, 9.17) is 9.47 Å². The van der Waals surface area contributed by atoms with Crippen molar-refractivity contribution in [2.24, 2.45) is 0 Å². The Hall–Kier alpha value is -2.56. The number of fused-ring (bicyclic) bond motifs is 2. The van der Waals surface area contributed by atoms with E-state index in [9.17, 15) is 9.18 Å². The van der Waals surface area contributed by atoms with Gasteiger partial charge in [-0.05, 0) is 23.8 Å². The molecule has 0 atom stereocenters. The topological polar surface area (TPSA) is 38.8 Å². The minimum absolute atomic E-state index is 0.00475. The second kappa shape index (κ2) is 6.39. The Morgan fingerprint density at radius 2 is 1.92 bits per heavy atom. The number of carbonyl (C=O) groups excluding carboxylic acids is 1. The van der Waals surface area contributed by atoms with Gasteiger partial charge in [-0.3, -0.25) is 4.79 Å². The van der Waals surface area contributed by atoms with Crippen molar-refractivity contribution in [1.29, 1.82) is 0 Å². The average Bonchev–Trinajstić information content (AvgIpc) is 3.25. The highest BCUT2D eigenvalue weighted by molar-refractivity contribution is 5.78. The van der Waals surface area contributed by atoms with E-state index < -0.39 is 0 Å². The highest BCUT2D eigenvalue weighted by atomic mass is 19.1. The van der Waals surface area contributed by atoms with Crippen molar-refractivity contribution in [2.75, 3.05) is 20.3 Å². The third kappa shape index (κ3) is 3.06. The van der Waals surface area contributed by atoms with Crippen LogP contribution < -0.4 is 9.47 Å². The fourth-order valence-electron chi connectivity index (χ4n) is 3.49. The summed E-state index contributed by atoms with van der Waals surface area (Å²) in [5.41, 5.74) is 4.19. The van der Waals surface area contributed by atoms with E-state index >= 15 is 0 Å². The lowest BCUT2D eigenvalue weighted by molar-refractivity contribution is -0.129. The molecule has 1 amide bonds. The van der Waals surface area contributed by atoms with Crippen molar-refractivity contribution in [2.45, 2.75) is 25.8 Å². The first kappa shape index (κ1) is 15.9. The van der Waals surface area contributed by atoms with Crippen LogP contribution in [0.25, 0.3) is 0 Å². The molecular weight excluding hydrogens is 321 g/mol. The molecule has 0 radical (unpaired) electrons. The summed E-state index contributed by atoms with van der Waals surface area (Å²) in [7, 11) is 1.79. The summed E-state index contributed by atoms with van der Waals surface area (Å²) in [4.78, 5) is 14.3. The molecule has 4 nitrogen and oxygen atoms in total. The van der Waals surface area contributed by atoms with Crippen LogP contribution in [0, 0.1) is 5.82 Å². The maximum absolute atomic E-state index is 13.0. The monoisotopic (exact) mass is 341 g/mol. The van der Waals surface area contributed by atoms with E-state index in [0.717, 1.165) is 46.6 Å². The molecule has 0 spiro atoms. The minimum atomic E-state index is -0.294. The quantitative estimate of drug-likeness (QED) is 0.858. The summed E-state index contributed by atoms with van der Waals surface area (Å²) in [6.45, 7) is 1.85. The van der Waals surface area contributed by atoms with Gasteiger partial charge in [0.15, 0.2) is 0 Å². The summed E-state index contributed by atoms with van der Waals surface area (Å²) >= 11 is 0. The molecular formula is C20H20FNO3. The molecule has 5 heteroatoms. The third-order valence-electron chi connectivity index (χ3n) is 4.85. The molecule has 2 aliphatic heterocycles. The van der Waals surface area contributed by atoms with Gasteiger partial charge in [0, 0.05) is 43.1 Å². The van der Waals surface area contributed by atoms with Gasteiger partial charge in [-0.25, -0.2) is 4.39 Å². The number of hydrogen-bond donors (Lipinski definition) is 0. The Morgan fingerprint density at radius 3 is 2.72 bits per heavy atom. The van der Waals surface area contributed by atoms with E-state index in [1.54, 1.807) is 24.1 Å². The van der Waals surface area contributed by atoms with Crippen LogP contribution in [-0.4, -0.2) is 31.1 Å². The zero-order valence-electron chi connectivity index (χ0n) is 14.2. The number of halogens is 1. The number of likely N-dealkylation sites (N-methyl/N-ethyl adjacent to an activating group) is 1. The van der Waals surface area contributed by atoms with Gasteiger partial charge in [-0.15, -0.1) is 0 Å². The van der Waals surface area contributed by atoms with E-state index in [0.29, 0.717) is 19.8 Å². The Kier molecular flexibility index (Phi) is 4.07. The number of benzene rings is 2. The van der Waals surface area contributed by atoms with Crippen LogP contribution in [-0.2, 0) is 30.6 Å². The number of ether oxygens (including phenoxy) is 2. The summed E-state index contributed by atoms with van der Waals surface area (Å²) < 4.78 is 24.6. The van der Waals surface area contributed by atoms with E-state index in [2.05, 4.69) is 6.07 Å². The number of nitrogens with zero attached hydrogens (tertiary/aromatic N) is 1. The second-order valence-corrected chi connectivity index (χ2v) is 6.57. The smallest absolute Gasteiger partial charge is 0.227 e. The lowest BCUT2D eigenvalue weighted by atomic mass is 9.99. The van der Waals surface area contributed by atoms with Gasteiger partial charge in [-0.2, -0.15) is 0 Å². The average molecular weight is 341 g/mol. The van der Waals surface area contributed by atoms with Gasteiger partial charge in [-0.1, -0.05) is 12.1 Å². The molecule has 0 aromatic heterocycles. The third-order valence-corrected chi connectivity index (χ3v) is 4.85. The lowest BCUT2D eigenvalue weighted by Gasteiger charge is -2.21. The highest BCUT2D eigenvalue weighted by Gasteiger charge is 2.27. The molecule has 2 heterocycles. The number of rotatable bonds is 4. The SMILES string of the molecule is CN(Cc1c2c(cc3c1OCC3)OCC2)C(=O)Cc1ccc(F)cc1. The summed E-state index contributed by atoms with van der Waals surface area (Å²) in [5, 5.41) is 0. The van der Waals surface area contributed by atoms with Crippen molar-refractivity contribution in [3.05, 3.63) is 58.4 Å². The normalized spacial score (nSPS) is 14.5. The van der Waals surface area contributed by atoms with Crippen molar-refractivity contribution < 1.29 is 18.7 Å². The standard InChI is InChI=1S/C20H20FNO3/c1-22(19(23)10-13-2-4-15(21)5-3-13)12-17-16-7-9-24-18(16)11-14-6-8-25-20(14)17/h2-5,11H,6-10,12H2,1H3. The van der Waals surface area contributed by atoms with Crippen molar-refractivity contribution in [3.63, 3.8) is 0 Å². The van der Waals surface area contributed by atoms with Crippen LogP contribution in [0.2, 0.25) is 0 Å². The largest absolute Gasteiger partial charge is 0.493 e. The van der Waals surface area contributed by atoms with Gasteiger partial charge in [0.1, 0.15) is 17.3 Å². The first-order chi connectivity index (χ1) is 12.1. The Balaban J connectivity index is 1.54. The molecule has 0 saturated heterocycles. The molecule has 130 valence electrons. The molecule has 4 rings (SSSR count). The van der Waals surface area contributed by atoms with Gasteiger partial charge >= 0.3 is 0 Å². The lowest BCUT2D eigenvalue weighted by Crippen LogP contribution is -2.28. The van der Waals surface area contributed by atoms with Crippen LogP contribution in [0.3, 0.4) is 0 Å². The van der Waals surface area contributed by atoms with Gasteiger partial charge in [0.05, 0.1) is 19.6 Å². The van der Waals surface area contributed by atoms with Crippen LogP contribution in [0.5, 0.6) is 11.5 Å². The van der Waals surface area contributed by atoms with Crippen LogP contribution >= 0.6 is 0 Å². The Labute approximate surface area is 146 Å². The number of carbonyl (C=O) groups is 1. The zero-order valence-corrected chi connectivity index (χ0v) is 14.2. The molecule has 25 heavy (non-hydrogen) atoms. The Bertz CT molecular complexity index is 784. The zero-order chi connectivity index (χ0) is 17.4. The summed E-state index contributed by atoms with van der Waals surface area (Å²) in [6.07, 6.45) is 1.98. The van der Waals surface area contributed by atoms with E-state index in [1.807, 2.05) is 0 Å². The first-order valence-corrected chi connectivity index (χ1v) is 8.53. The molecule has 0 fully saturated rings. The van der Waals surface area contributed by atoms with Crippen molar-refractivity contribution >= 4 is 5.91 Å². The molecule has 0 bridgehead atoms. The van der Waals surface area contributed by atoms with Gasteiger partial charge in [0.2, 0.25) is 5.91 Å². The van der Waals surface area contributed by atoms with Crippen LogP contribution in [0.15, 0.2) is 30.3 Å². The maximum atomic E-state index is 13.0. The Morgan fingerprint density at radius 1 is 1.16 bits per heavy atom. The predicted molar refractivity (Wildman–Crippen MR) is 91.4 cm³/mol. The second-order valence-electron chi connectivity index (χ2n) is 6.57. The number of hydrogen-bond acceptors (Lipinski definition) is 3. The summed E-state index contributed by atoms with van der Waals surface area (Å²) in [5.74, 6) is 1.55. The van der Waals surface area contributed by atoms with E-state index in [1.165, 1.54) is 12.1 Å². The molecule has 2 aromatic rings. The molecule has 0 saturated carbocycles. The fraction of sp³-hybridized carbons (Fsp3) is 0.350. The van der Waals surface area contributed by atoms with E-state index in [-0.39, 0.29) is 18.1 Å². The predicted octanol–water partition coefficient (Wildman–Crippen LogP) is 2.90. The molecule has 0 N–H and O–H groups in total. The van der Waals surface area contributed by atoms with Gasteiger partial charge < -0.3 is 14.4 Å². The minimum Gasteiger partial charge on any atom is -0.493 e. The van der Waals surface area contributed by atoms with Crippen molar-refractivity contribution in [1.82, 2.24) is 4.90 Å².